The number of ether oxygens (including phenoxy) is 1. The fourth-order valence-electron chi connectivity index (χ4n) is 2.24. The molecule has 0 aliphatic heterocycles. The molecule has 0 atom stereocenters. The Hall–Kier alpha value is -0.770. The summed E-state index contributed by atoms with van der Waals surface area (Å²) >= 11 is 0. The first-order valence-corrected chi connectivity index (χ1v) is 6.58. The van der Waals surface area contributed by atoms with E-state index in [0.717, 1.165) is 32.1 Å². The van der Waals surface area contributed by atoms with Crippen molar-refractivity contribution in [2.24, 2.45) is 10.4 Å². The number of aliphatic imine (C=N–C) groups is 1. The molecule has 1 fully saturated rings. The molecule has 4 nitrogen and oxygen atoms in total. The maximum atomic E-state index is 5.20. The van der Waals surface area contributed by atoms with Crippen molar-refractivity contribution in [2.75, 3.05) is 40.9 Å². The minimum Gasteiger partial charge on any atom is -0.385 e. The molecule has 0 aromatic rings. The normalized spacial score (nSPS) is 18.7. The van der Waals surface area contributed by atoms with E-state index in [9.17, 15) is 0 Å². The van der Waals surface area contributed by atoms with Gasteiger partial charge in [0, 0.05) is 40.9 Å². The van der Waals surface area contributed by atoms with Gasteiger partial charge in [0.2, 0.25) is 0 Å². The van der Waals surface area contributed by atoms with E-state index in [0.29, 0.717) is 5.41 Å². The number of hydrogen-bond acceptors (Lipinski definition) is 2. The number of methoxy groups -OCH3 is 1. The van der Waals surface area contributed by atoms with Crippen molar-refractivity contribution in [3.63, 3.8) is 0 Å². The predicted molar refractivity (Wildman–Crippen MR) is 72.4 cm³/mol. The molecule has 0 aromatic heterocycles. The monoisotopic (exact) mass is 241 g/mol. The standard InChI is InChI=1S/C13H27N3O/c1-5-14-12(16(2)3)15-11-13(7-6-8-13)9-10-17-4/h5-11H2,1-4H3,(H,14,15). The van der Waals surface area contributed by atoms with E-state index >= 15 is 0 Å². The fourth-order valence-corrected chi connectivity index (χ4v) is 2.24. The van der Waals surface area contributed by atoms with E-state index in [1.165, 1.54) is 19.3 Å². The van der Waals surface area contributed by atoms with Gasteiger partial charge in [-0.05, 0) is 31.6 Å². The van der Waals surface area contributed by atoms with Gasteiger partial charge in [-0.3, -0.25) is 4.99 Å². The summed E-state index contributed by atoms with van der Waals surface area (Å²) in [6, 6.07) is 0. The molecular weight excluding hydrogens is 214 g/mol. The molecule has 0 heterocycles. The second kappa shape index (κ2) is 6.84. The van der Waals surface area contributed by atoms with Crippen LogP contribution in [0.25, 0.3) is 0 Å². The number of guanidine groups is 1. The zero-order valence-electron chi connectivity index (χ0n) is 11.8. The van der Waals surface area contributed by atoms with Crippen LogP contribution in [0.5, 0.6) is 0 Å². The van der Waals surface area contributed by atoms with Crippen LogP contribution < -0.4 is 5.32 Å². The zero-order valence-corrected chi connectivity index (χ0v) is 11.8. The Labute approximate surface area is 105 Å². The summed E-state index contributed by atoms with van der Waals surface area (Å²) in [7, 11) is 5.84. The van der Waals surface area contributed by atoms with Crippen LogP contribution in [0, 0.1) is 5.41 Å². The first kappa shape index (κ1) is 14.3. The van der Waals surface area contributed by atoms with Crippen molar-refractivity contribution in [3.05, 3.63) is 0 Å². The van der Waals surface area contributed by atoms with E-state index < -0.39 is 0 Å². The molecule has 0 saturated heterocycles. The number of hydrogen-bond donors (Lipinski definition) is 1. The van der Waals surface area contributed by atoms with Crippen LogP contribution in [0.15, 0.2) is 4.99 Å². The summed E-state index contributed by atoms with van der Waals surface area (Å²) in [5.74, 6) is 0.996. The Bertz CT molecular complexity index is 247. The molecule has 1 N–H and O–H groups in total. The number of nitrogens with one attached hydrogen (secondary N) is 1. The maximum Gasteiger partial charge on any atom is 0.193 e. The van der Waals surface area contributed by atoms with Gasteiger partial charge in [-0.25, -0.2) is 0 Å². The van der Waals surface area contributed by atoms with Gasteiger partial charge >= 0.3 is 0 Å². The van der Waals surface area contributed by atoms with Crippen molar-refractivity contribution in [3.8, 4) is 0 Å². The van der Waals surface area contributed by atoms with Gasteiger partial charge in [-0.1, -0.05) is 6.42 Å². The van der Waals surface area contributed by atoms with Crippen LogP contribution in [0.3, 0.4) is 0 Å². The highest BCUT2D eigenvalue weighted by Gasteiger charge is 2.36. The van der Waals surface area contributed by atoms with Gasteiger partial charge in [0.05, 0.1) is 0 Å². The van der Waals surface area contributed by atoms with Crippen molar-refractivity contribution >= 4 is 5.96 Å². The second-order valence-electron chi connectivity index (χ2n) is 5.16. The van der Waals surface area contributed by atoms with E-state index in [1.54, 1.807) is 7.11 Å². The maximum absolute atomic E-state index is 5.20. The SMILES string of the molecule is CCNC(=NCC1(CCOC)CCC1)N(C)C. The third-order valence-electron chi connectivity index (χ3n) is 3.57. The molecular formula is C13H27N3O. The summed E-state index contributed by atoms with van der Waals surface area (Å²) in [5, 5.41) is 3.30. The highest BCUT2D eigenvalue weighted by molar-refractivity contribution is 5.79. The van der Waals surface area contributed by atoms with Crippen LogP contribution in [0.2, 0.25) is 0 Å². The fraction of sp³-hybridized carbons (Fsp3) is 0.923. The summed E-state index contributed by atoms with van der Waals surface area (Å²) < 4.78 is 5.20. The molecule has 4 heteroatoms. The van der Waals surface area contributed by atoms with E-state index in [1.807, 2.05) is 19.0 Å². The minimum absolute atomic E-state index is 0.409. The third kappa shape index (κ3) is 4.19. The minimum atomic E-state index is 0.409. The molecule has 100 valence electrons. The molecule has 1 rings (SSSR count). The summed E-state index contributed by atoms with van der Waals surface area (Å²) in [5.41, 5.74) is 0.409. The van der Waals surface area contributed by atoms with Gasteiger partial charge in [0.1, 0.15) is 0 Å². The van der Waals surface area contributed by atoms with Crippen LogP contribution in [0.1, 0.15) is 32.6 Å². The third-order valence-corrected chi connectivity index (χ3v) is 3.57. The van der Waals surface area contributed by atoms with E-state index in [4.69, 9.17) is 9.73 Å². The topological polar surface area (TPSA) is 36.9 Å². The van der Waals surface area contributed by atoms with Crippen LogP contribution in [-0.4, -0.2) is 51.8 Å². The van der Waals surface area contributed by atoms with Crippen LogP contribution in [-0.2, 0) is 4.74 Å². The lowest BCUT2D eigenvalue weighted by molar-refractivity contribution is 0.0777. The summed E-state index contributed by atoms with van der Waals surface area (Å²) in [6.07, 6.45) is 5.08. The van der Waals surface area contributed by atoms with Crippen molar-refractivity contribution in [1.29, 1.82) is 0 Å². The second-order valence-corrected chi connectivity index (χ2v) is 5.16. The van der Waals surface area contributed by atoms with Gasteiger partial charge in [-0.15, -0.1) is 0 Å². The van der Waals surface area contributed by atoms with Crippen LogP contribution >= 0.6 is 0 Å². The smallest absolute Gasteiger partial charge is 0.193 e. The molecule has 1 aliphatic rings. The van der Waals surface area contributed by atoms with Gasteiger partial charge in [-0.2, -0.15) is 0 Å². The number of rotatable bonds is 6. The summed E-state index contributed by atoms with van der Waals surface area (Å²) in [4.78, 5) is 6.78. The molecule has 17 heavy (non-hydrogen) atoms. The van der Waals surface area contributed by atoms with Gasteiger partial charge in [0.15, 0.2) is 5.96 Å². The van der Waals surface area contributed by atoms with Crippen molar-refractivity contribution in [1.82, 2.24) is 10.2 Å². The Kier molecular flexibility index (Phi) is 5.75. The average Bonchev–Trinajstić information content (AvgIpc) is 2.25. The Morgan fingerprint density at radius 1 is 1.41 bits per heavy atom. The molecule has 0 bridgehead atoms. The lowest BCUT2D eigenvalue weighted by atomic mass is 9.67. The zero-order chi connectivity index (χ0) is 12.7. The summed E-state index contributed by atoms with van der Waals surface area (Å²) in [6.45, 7) is 4.80. The van der Waals surface area contributed by atoms with E-state index in [-0.39, 0.29) is 0 Å². The van der Waals surface area contributed by atoms with Gasteiger partial charge in [0.25, 0.3) is 0 Å². The molecule has 1 saturated carbocycles. The van der Waals surface area contributed by atoms with Crippen LogP contribution in [0.4, 0.5) is 0 Å². The van der Waals surface area contributed by atoms with Gasteiger partial charge < -0.3 is 15.0 Å². The average molecular weight is 241 g/mol. The molecule has 0 spiro atoms. The molecule has 0 amide bonds. The largest absolute Gasteiger partial charge is 0.385 e. The predicted octanol–water partition coefficient (Wildman–Crippen LogP) is 1.72. The highest BCUT2D eigenvalue weighted by Crippen LogP contribution is 2.44. The molecule has 0 aromatic carbocycles. The lowest BCUT2D eigenvalue weighted by Crippen LogP contribution is -2.39. The highest BCUT2D eigenvalue weighted by atomic mass is 16.5. The quantitative estimate of drug-likeness (QED) is 0.568. The van der Waals surface area contributed by atoms with Crippen molar-refractivity contribution < 1.29 is 4.74 Å². The molecule has 0 radical (unpaired) electrons. The Balaban J connectivity index is 2.51. The van der Waals surface area contributed by atoms with E-state index in [2.05, 4.69) is 12.2 Å². The first-order chi connectivity index (χ1) is 8.13. The first-order valence-electron chi connectivity index (χ1n) is 6.58. The molecule has 1 aliphatic carbocycles. The molecule has 0 unspecified atom stereocenters. The Morgan fingerprint density at radius 3 is 2.53 bits per heavy atom. The Morgan fingerprint density at radius 2 is 2.12 bits per heavy atom. The van der Waals surface area contributed by atoms with Crippen molar-refractivity contribution in [2.45, 2.75) is 32.6 Å². The number of nitrogens with zero attached hydrogens (tertiary/aromatic N) is 2. The lowest BCUT2D eigenvalue weighted by Gasteiger charge is -2.41.